The van der Waals surface area contributed by atoms with E-state index < -0.39 is 5.82 Å². The summed E-state index contributed by atoms with van der Waals surface area (Å²) < 4.78 is 22.3. The van der Waals surface area contributed by atoms with Gasteiger partial charge in [0, 0.05) is 0 Å². The Kier molecular flexibility index (Phi) is 3.65. The third-order valence-electron chi connectivity index (χ3n) is 2.71. The Balaban J connectivity index is 1.96. The molecular formula is C13H7BrFN3OSe. The first-order valence-electron chi connectivity index (χ1n) is 5.63. The van der Waals surface area contributed by atoms with Crippen molar-refractivity contribution >= 4 is 53.5 Å². The van der Waals surface area contributed by atoms with Crippen LogP contribution in [0.15, 0.2) is 40.9 Å². The number of carbonyl (C=O) groups is 1. The maximum absolute atomic E-state index is 13.2. The number of benzene rings is 2. The Morgan fingerprint density at radius 2 is 2.10 bits per heavy atom. The fourth-order valence-electron chi connectivity index (χ4n) is 1.77. The molecule has 1 heterocycles. The Morgan fingerprint density at radius 3 is 2.95 bits per heavy atom. The molecule has 3 aromatic rings. The summed E-state index contributed by atoms with van der Waals surface area (Å²) in [5.74, 6) is -0.848. The van der Waals surface area contributed by atoms with Crippen LogP contribution in [0.5, 0.6) is 0 Å². The minimum absolute atomic E-state index is 0.164. The molecule has 0 bridgehead atoms. The maximum atomic E-state index is 13.2. The number of anilines is 1. The number of carbonyl (C=O) groups excluding carboxylic acids is 1. The summed E-state index contributed by atoms with van der Waals surface area (Å²) in [7, 11) is 0. The van der Waals surface area contributed by atoms with Gasteiger partial charge >= 0.3 is 128 Å². The Hall–Kier alpha value is -1.56. The topological polar surface area (TPSA) is 54.9 Å². The Morgan fingerprint density at radius 1 is 1.25 bits per heavy atom. The fraction of sp³-hybridized carbons (Fsp3) is 0. The molecular weight excluding hydrogens is 392 g/mol. The molecule has 20 heavy (non-hydrogen) atoms. The van der Waals surface area contributed by atoms with Gasteiger partial charge in [-0.2, -0.15) is 0 Å². The van der Waals surface area contributed by atoms with Crippen molar-refractivity contribution in [1.82, 2.24) is 7.96 Å². The third kappa shape index (κ3) is 2.52. The number of aromatic nitrogens is 2. The van der Waals surface area contributed by atoms with E-state index in [0.717, 1.165) is 5.52 Å². The zero-order valence-electron chi connectivity index (χ0n) is 9.93. The van der Waals surface area contributed by atoms with Crippen molar-refractivity contribution in [3.05, 3.63) is 52.3 Å². The second kappa shape index (κ2) is 5.44. The van der Waals surface area contributed by atoms with Crippen molar-refractivity contribution in [3.8, 4) is 0 Å². The number of hydrogen-bond acceptors (Lipinski definition) is 3. The van der Waals surface area contributed by atoms with Gasteiger partial charge in [0.15, 0.2) is 0 Å². The molecule has 100 valence electrons. The second-order valence-electron chi connectivity index (χ2n) is 4.02. The molecule has 1 amide bonds. The van der Waals surface area contributed by atoms with E-state index in [0.29, 0.717) is 15.7 Å². The van der Waals surface area contributed by atoms with Crippen molar-refractivity contribution in [2.75, 3.05) is 5.32 Å². The predicted octanol–water partition coefficient (Wildman–Crippen LogP) is 2.84. The summed E-state index contributed by atoms with van der Waals surface area (Å²) in [5.41, 5.74) is 2.30. The van der Waals surface area contributed by atoms with Crippen LogP contribution in [-0.2, 0) is 0 Å². The first-order valence-corrected chi connectivity index (χ1v) is 7.95. The molecule has 0 radical (unpaired) electrons. The van der Waals surface area contributed by atoms with Gasteiger partial charge < -0.3 is 0 Å². The van der Waals surface area contributed by atoms with Crippen molar-refractivity contribution in [2.24, 2.45) is 0 Å². The molecule has 0 saturated heterocycles. The van der Waals surface area contributed by atoms with Gasteiger partial charge in [-0.05, 0) is 0 Å². The minimum atomic E-state index is -0.459. The van der Waals surface area contributed by atoms with Gasteiger partial charge in [0.1, 0.15) is 0 Å². The zero-order valence-corrected chi connectivity index (χ0v) is 13.2. The van der Waals surface area contributed by atoms with E-state index >= 15 is 0 Å². The molecule has 0 unspecified atom stereocenters. The van der Waals surface area contributed by atoms with Gasteiger partial charge in [-0.3, -0.25) is 0 Å². The first kappa shape index (κ1) is 13.4. The SMILES string of the molecule is O=C(Nc1cccc2n[se]nc12)c1cc(F)ccc1Br. The number of fused-ring (bicyclic) bond motifs is 1. The van der Waals surface area contributed by atoms with Gasteiger partial charge in [-0.15, -0.1) is 0 Å². The summed E-state index contributed by atoms with van der Waals surface area (Å²) in [6.45, 7) is 0. The van der Waals surface area contributed by atoms with Crippen LogP contribution >= 0.6 is 15.9 Å². The van der Waals surface area contributed by atoms with Gasteiger partial charge in [-0.1, -0.05) is 0 Å². The fourth-order valence-corrected chi connectivity index (χ4v) is 3.35. The number of nitrogens with one attached hydrogen (secondary N) is 1. The summed E-state index contributed by atoms with van der Waals surface area (Å²) in [5, 5.41) is 2.75. The first-order chi connectivity index (χ1) is 9.65. The van der Waals surface area contributed by atoms with E-state index in [1.165, 1.54) is 18.2 Å². The zero-order chi connectivity index (χ0) is 14.1. The normalized spacial score (nSPS) is 10.7. The number of rotatable bonds is 2. The van der Waals surface area contributed by atoms with Gasteiger partial charge in [0.2, 0.25) is 0 Å². The van der Waals surface area contributed by atoms with E-state index in [4.69, 9.17) is 0 Å². The third-order valence-corrected chi connectivity index (χ3v) is 4.54. The molecule has 1 aromatic heterocycles. The molecule has 0 aliphatic rings. The van der Waals surface area contributed by atoms with Gasteiger partial charge in [0.25, 0.3) is 0 Å². The summed E-state index contributed by atoms with van der Waals surface area (Å²) >= 11 is 3.08. The standard InChI is InChI=1S/C13H7BrFN3OSe/c14-9-5-4-7(15)6-8(9)13(19)16-10-2-1-3-11-12(10)18-20-17-11/h1-6H,(H,16,19). The van der Waals surface area contributed by atoms with Gasteiger partial charge in [-0.25, -0.2) is 0 Å². The molecule has 1 N–H and O–H groups in total. The molecule has 0 aliphatic carbocycles. The Labute approximate surface area is 128 Å². The van der Waals surface area contributed by atoms with Crippen molar-refractivity contribution in [1.29, 1.82) is 0 Å². The van der Waals surface area contributed by atoms with Crippen molar-refractivity contribution < 1.29 is 9.18 Å². The van der Waals surface area contributed by atoms with Crippen molar-refractivity contribution in [2.45, 2.75) is 0 Å². The molecule has 0 saturated carbocycles. The van der Waals surface area contributed by atoms with E-state index in [1.54, 1.807) is 12.1 Å². The van der Waals surface area contributed by atoms with Crippen LogP contribution < -0.4 is 5.32 Å². The summed E-state index contributed by atoms with van der Waals surface area (Å²) in [4.78, 5) is 12.2. The molecule has 0 fully saturated rings. The number of hydrogen-bond donors (Lipinski definition) is 1. The molecule has 3 rings (SSSR count). The molecule has 0 spiro atoms. The quantitative estimate of drug-likeness (QED) is 0.675. The van der Waals surface area contributed by atoms with Crippen LogP contribution in [0.25, 0.3) is 11.0 Å². The van der Waals surface area contributed by atoms with Crippen LogP contribution in [0.4, 0.5) is 10.1 Å². The van der Waals surface area contributed by atoms with Crippen LogP contribution in [0.1, 0.15) is 10.4 Å². The van der Waals surface area contributed by atoms with Gasteiger partial charge in [0.05, 0.1) is 0 Å². The summed E-state index contributed by atoms with van der Waals surface area (Å²) in [6, 6.07) is 9.38. The average Bonchev–Trinajstić information content (AvgIpc) is 2.91. The van der Waals surface area contributed by atoms with Crippen LogP contribution in [0.3, 0.4) is 0 Å². The molecule has 0 atom stereocenters. The predicted molar refractivity (Wildman–Crippen MR) is 78.5 cm³/mol. The molecule has 4 nitrogen and oxygen atoms in total. The monoisotopic (exact) mass is 399 g/mol. The van der Waals surface area contributed by atoms with E-state index in [-0.39, 0.29) is 26.4 Å². The van der Waals surface area contributed by atoms with E-state index in [1.807, 2.05) is 6.07 Å². The summed E-state index contributed by atoms with van der Waals surface area (Å²) in [6.07, 6.45) is 0. The Bertz CT molecular complexity index is 805. The average molecular weight is 399 g/mol. The van der Waals surface area contributed by atoms with E-state index in [9.17, 15) is 9.18 Å². The number of nitrogens with zero attached hydrogens (tertiary/aromatic N) is 2. The van der Waals surface area contributed by atoms with Crippen LogP contribution in [-0.4, -0.2) is 28.8 Å². The molecule has 7 heteroatoms. The van der Waals surface area contributed by atoms with Crippen LogP contribution in [0, 0.1) is 5.82 Å². The van der Waals surface area contributed by atoms with E-state index in [2.05, 4.69) is 29.2 Å². The molecule has 0 aliphatic heterocycles. The molecule has 2 aromatic carbocycles. The second-order valence-corrected chi connectivity index (χ2v) is 5.98. The van der Waals surface area contributed by atoms with Crippen molar-refractivity contribution in [3.63, 3.8) is 0 Å². The number of amides is 1. The number of halogens is 2. The van der Waals surface area contributed by atoms with Crippen LogP contribution in [0.2, 0.25) is 0 Å².